The molecular weight excluding hydrogens is 200 g/mol. The molecule has 0 aliphatic rings. The van der Waals surface area contributed by atoms with Crippen molar-refractivity contribution in [1.29, 1.82) is 0 Å². The van der Waals surface area contributed by atoms with Crippen molar-refractivity contribution >= 4 is 5.69 Å². The molecule has 4 heteroatoms. The fourth-order valence-electron chi connectivity index (χ4n) is 1.55. The summed E-state index contributed by atoms with van der Waals surface area (Å²) < 4.78 is 0. The van der Waals surface area contributed by atoms with E-state index in [4.69, 9.17) is 0 Å². The summed E-state index contributed by atoms with van der Waals surface area (Å²) >= 11 is 0. The first-order valence-corrected chi connectivity index (χ1v) is 5.42. The van der Waals surface area contributed by atoms with Crippen LogP contribution in [0.5, 0.6) is 0 Å². The maximum Gasteiger partial charge on any atom is 0.183 e. The molecule has 0 spiro atoms. The Morgan fingerprint density at radius 3 is 2.62 bits per heavy atom. The second-order valence-electron chi connectivity index (χ2n) is 3.99. The Morgan fingerprint density at radius 1 is 1.25 bits per heavy atom. The highest BCUT2D eigenvalue weighted by atomic mass is 15.2. The molecule has 2 rings (SSSR count). The van der Waals surface area contributed by atoms with E-state index in [0.29, 0.717) is 5.92 Å². The zero-order valence-electron chi connectivity index (χ0n) is 9.78. The number of hydrogen-bond acceptors (Lipinski definition) is 3. The normalized spacial score (nSPS) is 10.8. The van der Waals surface area contributed by atoms with Crippen molar-refractivity contribution in [1.82, 2.24) is 15.2 Å². The molecule has 84 valence electrons. The van der Waals surface area contributed by atoms with Crippen LogP contribution in [0.25, 0.3) is 11.4 Å². The van der Waals surface area contributed by atoms with Gasteiger partial charge in [0.2, 0.25) is 0 Å². The highest BCUT2D eigenvalue weighted by Crippen LogP contribution is 2.25. The maximum atomic E-state index is 4.48. The van der Waals surface area contributed by atoms with Gasteiger partial charge in [0.1, 0.15) is 5.82 Å². The zero-order valence-corrected chi connectivity index (χ0v) is 9.78. The number of aromatic nitrogens is 3. The van der Waals surface area contributed by atoms with Crippen LogP contribution in [0.2, 0.25) is 0 Å². The average molecular weight is 216 g/mol. The number of para-hydroxylation sites is 1. The minimum absolute atomic E-state index is 0.364. The van der Waals surface area contributed by atoms with Crippen molar-refractivity contribution in [3.8, 4) is 11.4 Å². The van der Waals surface area contributed by atoms with Crippen molar-refractivity contribution in [2.45, 2.75) is 19.8 Å². The molecule has 2 N–H and O–H groups in total. The third kappa shape index (κ3) is 1.91. The molecule has 1 aromatic carbocycles. The lowest BCUT2D eigenvalue weighted by Gasteiger charge is -2.04. The molecule has 0 aliphatic heterocycles. The van der Waals surface area contributed by atoms with Gasteiger partial charge in [-0.05, 0) is 12.1 Å². The number of benzene rings is 1. The smallest absolute Gasteiger partial charge is 0.183 e. The number of anilines is 1. The number of nitrogens with zero attached hydrogens (tertiary/aromatic N) is 2. The molecule has 1 heterocycles. The molecule has 16 heavy (non-hydrogen) atoms. The molecule has 0 fully saturated rings. The van der Waals surface area contributed by atoms with Gasteiger partial charge in [-0.25, -0.2) is 4.98 Å². The Bertz CT molecular complexity index is 473. The van der Waals surface area contributed by atoms with Crippen LogP contribution in [-0.2, 0) is 0 Å². The van der Waals surface area contributed by atoms with Gasteiger partial charge in [-0.1, -0.05) is 26.0 Å². The lowest BCUT2D eigenvalue weighted by atomic mass is 10.1. The molecule has 2 aromatic rings. The van der Waals surface area contributed by atoms with E-state index in [2.05, 4.69) is 34.3 Å². The van der Waals surface area contributed by atoms with Crippen molar-refractivity contribution < 1.29 is 0 Å². The molecule has 0 amide bonds. The second-order valence-corrected chi connectivity index (χ2v) is 3.99. The van der Waals surface area contributed by atoms with Crippen LogP contribution < -0.4 is 5.32 Å². The molecular formula is C12H16N4. The summed E-state index contributed by atoms with van der Waals surface area (Å²) in [7, 11) is 1.90. The van der Waals surface area contributed by atoms with Gasteiger partial charge < -0.3 is 5.32 Å². The summed E-state index contributed by atoms with van der Waals surface area (Å²) in [6, 6.07) is 8.01. The molecule has 0 saturated carbocycles. The summed E-state index contributed by atoms with van der Waals surface area (Å²) in [6.45, 7) is 4.18. The molecule has 0 unspecified atom stereocenters. The number of rotatable bonds is 3. The molecule has 0 bridgehead atoms. The van der Waals surface area contributed by atoms with Crippen LogP contribution in [0.1, 0.15) is 25.6 Å². The second kappa shape index (κ2) is 4.35. The largest absolute Gasteiger partial charge is 0.388 e. The number of hydrogen-bond donors (Lipinski definition) is 2. The molecule has 0 radical (unpaired) electrons. The van der Waals surface area contributed by atoms with E-state index in [1.165, 1.54) is 0 Å². The van der Waals surface area contributed by atoms with Gasteiger partial charge in [0, 0.05) is 24.2 Å². The highest BCUT2D eigenvalue weighted by Gasteiger charge is 2.10. The molecule has 0 saturated heterocycles. The van der Waals surface area contributed by atoms with Gasteiger partial charge in [0.15, 0.2) is 5.82 Å². The third-order valence-electron chi connectivity index (χ3n) is 2.49. The summed E-state index contributed by atoms with van der Waals surface area (Å²) in [5.41, 5.74) is 2.06. The van der Waals surface area contributed by atoms with Crippen LogP contribution in [0.3, 0.4) is 0 Å². The van der Waals surface area contributed by atoms with E-state index >= 15 is 0 Å². The predicted molar refractivity (Wildman–Crippen MR) is 65.5 cm³/mol. The van der Waals surface area contributed by atoms with Gasteiger partial charge in [0.25, 0.3) is 0 Å². The minimum atomic E-state index is 0.364. The Balaban J connectivity index is 2.42. The lowest BCUT2D eigenvalue weighted by Crippen LogP contribution is -1.93. The van der Waals surface area contributed by atoms with E-state index in [9.17, 15) is 0 Å². The first-order valence-electron chi connectivity index (χ1n) is 5.42. The summed E-state index contributed by atoms with van der Waals surface area (Å²) in [6.07, 6.45) is 0. The van der Waals surface area contributed by atoms with Crippen molar-refractivity contribution in [2.24, 2.45) is 0 Å². The monoisotopic (exact) mass is 216 g/mol. The SMILES string of the molecule is CNc1ccccc1-c1n[nH]c(C(C)C)n1. The average Bonchev–Trinajstić information content (AvgIpc) is 2.78. The summed E-state index contributed by atoms with van der Waals surface area (Å²) in [4.78, 5) is 4.48. The van der Waals surface area contributed by atoms with Crippen molar-refractivity contribution in [2.75, 3.05) is 12.4 Å². The Kier molecular flexibility index (Phi) is 2.90. The molecule has 4 nitrogen and oxygen atoms in total. The summed E-state index contributed by atoms with van der Waals surface area (Å²) in [5.74, 6) is 2.03. The Labute approximate surface area is 95.1 Å². The molecule has 0 aliphatic carbocycles. The number of nitrogens with one attached hydrogen (secondary N) is 2. The Morgan fingerprint density at radius 2 is 2.00 bits per heavy atom. The standard InChI is InChI=1S/C12H16N4/c1-8(2)11-14-12(16-15-11)9-6-4-5-7-10(9)13-3/h4-8,13H,1-3H3,(H,14,15,16). The van der Waals surface area contributed by atoms with Gasteiger partial charge >= 0.3 is 0 Å². The lowest BCUT2D eigenvalue weighted by molar-refractivity contribution is 0.781. The number of H-pyrrole nitrogens is 1. The first kappa shape index (κ1) is 10.7. The van der Waals surface area contributed by atoms with Crippen molar-refractivity contribution in [3.63, 3.8) is 0 Å². The van der Waals surface area contributed by atoms with Gasteiger partial charge in [-0.2, -0.15) is 5.10 Å². The van der Waals surface area contributed by atoms with Crippen LogP contribution >= 0.6 is 0 Å². The minimum Gasteiger partial charge on any atom is -0.388 e. The number of aromatic amines is 1. The fourth-order valence-corrected chi connectivity index (χ4v) is 1.55. The van der Waals surface area contributed by atoms with Crippen LogP contribution in [-0.4, -0.2) is 22.2 Å². The zero-order chi connectivity index (χ0) is 11.5. The Hall–Kier alpha value is -1.84. The van der Waals surface area contributed by atoms with Crippen LogP contribution in [0, 0.1) is 0 Å². The van der Waals surface area contributed by atoms with E-state index in [1.807, 2.05) is 31.3 Å². The van der Waals surface area contributed by atoms with E-state index in [-0.39, 0.29) is 0 Å². The van der Waals surface area contributed by atoms with Gasteiger partial charge in [-0.15, -0.1) is 0 Å². The van der Waals surface area contributed by atoms with Crippen molar-refractivity contribution in [3.05, 3.63) is 30.1 Å². The topological polar surface area (TPSA) is 53.6 Å². The van der Waals surface area contributed by atoms with E-state index < -0.39 is 0 Å². The van der Waals surface area contributed by atoms with E-state index in [1.54, 1.807) is 0 Å². The first-order chi connectivity index (χ1) is 7.72. The van der Waals surface area contributed by atoms with Gasteiger partial charge in [0.05, 0.1) is 0 Å². The quantitative estimate of drug-likeness (QED) is 0.829. The predicted octanol–water partition coefficient (Wildman–Crippen LogP) is 2.64. The maximum absolute atomic E-state index is 4.48. The molecule has 1 aromatic heterocycles. The highest BCUT2D eigenvalue weighted by molar-refractivity contribution is 5.72. The molecule has 0 atom stereocenters. The van der Waals surface area contributed by atoms with Gasteiger partial charge in [-0.3, -0.25) is 5.10 Å². The van der Waals surface area contributed by atoms with Crippen LogP contribution in [0.15, 0.2) is 24.3 Å². The fraction of sp³-hybridized carbons (Fsp3) is 0.333. The third-order valence-corrected chi connectivity index (χ3v) is 2.49. The summed E-state index contributed by atoms with van der Waals surface area (Å²) in [5, 5.41) is 10.3. The van der Waals surface area contributed by atoms with E-state index in [0.717, 1.165) is 22.9 Å². The van der Waals surface area contributed by atoms with Crippen LogP contribution in [0.4, 0.5) is 5.69 Å².